The molecule has 0 spiro atoms. The van der Waals surface area contributed by atoms with E-state index in [0.29, 0.717) is 6.29 Å². The minimum Gasteiger partial charge on any atom is -0.480 e. The Morgan fingerprint density at radius 1 is 1.38 bits per heavy atom. The summed E-state index contributed by atoms with van der Waals surface area (Å²) in [5.74, 6) is -1.11. The maximum absolute atomic E-state index is 12.5. The number of hydrogen-bond acceptors (Lipinski definition) is 7. The van der Waals surface area contributed by atoms with Crippen LogP contribution in [0, 0.1) is 10.1 Å². The molecule has 1 unspecified atom stereocenters. The molecule has 26 heavy (non-hydrogen) atoms. The maximum Gasteiger partial charge on any atom is 0.309 e. The summed E-state index contributed by atoms with van der Waals surface area (Å²) >= 11 is 0. The molecule has 140 valence electrons. The molecule has 1 N–H and O–H groups in total. The molecule has 1 aliphatic carbocycles. The van der Waals surface area contributed by atoms with Crippen LogP contribution in [-0.2, 0) is 14.3 Å². The van der Waals surface area contributed by atoms with E-state index in [4.69, 9.17) is 4.74 Å². The fourth-order valence-electron chi connectivity index (χ4n) is 2.81. The number of hydrogen-bond donors (Lipinski definition) is 1. The van der Waals surface area contributed by atoms with Crippen LogP contribution in [0.1, 0.15) is 42.5 Å². The van der Waals surface area contributed by atoms with Crippen LogP contribution >= 0.6 is 0 Å². The monoisotopic (exact) mass is 364 g/mol. The van der Waals surface area contributed by atoms with E-state index in [1.54, 1.807) is 0 Å². The number of methoxy groups -OCH3 is 1. The highest BCUT2D eigenvalue weighted by Crippen LogP contribution is 2.25. The first kappa shape index (κ1) is 19.4. The standard InChI is InChI=1S/C17H20N2O7/c1-25-16(21)9-15(17(22)18-12-4-2-3-5-12)26-13-7-6-11(10-20)14(8-13)19(23)24/h6-8,10,12,15H,2-5,9H2,1H3,(H,18,22). The molecule has 0 aliphatic heterocycles. The number of aldehydes is 1. The van der Waals surface area contributed by atoms with Gasteiger partial charge in [-0.1, -0.05) is 12.8 Å². The fourth-order valence-corrected chi connectivity index (χ4v) is 2.81. The summed E-state index contributed by atoms with van der Waals surface area (Å²) in [6.45, 7) is 0. The predicted molar refractivity (Wildman–Crippen MR) is 89.9 cm³/mol. The van der Waals surface area contributed by atoms with Gasteiger partial charge in [-0.3, -0.25) is 24.5 Å². The molecule has 1 aliphatic rings. The van der Waals surface area contributed by atoms with Gasteiger partial charge in [-0.05, 0) is 25.0 Å². The number of carbonyl (C=O) groups is 3. The fraction of sp³-hybridized carbons (Fsp3) is 0.471. The zero-order valence-corrected chi connectivity index (χ0v) is 14.3. The smallest absolute Gasteiger partial charge is 0.309 e. The minimum absolute atomic E-state index is 0.0118. The second-order valence-corrected chi connectivity index (χ2v) is 5.97. The number of carbonyl (C=O) groups excluding carboxylic acids is 3. The number of ether oxygens (including phenoxy) is 2. The van der Waals surface area contributed by atoms with Gasteiger partial charge in [0.15, 0.2) is 12.4 Å². The summed E-state index contributed by atoms with van der Waals surface area (Å²) < 4.78 is 10.1. The minimum atomic E-state index is -1.19. The van der Waals surface area contributed by atoms with E-state index >= 15 is 0 Å². The van der Waals surface area contributed by atoms with Gasteiger partial charge in [-0.15, -0.1) is 0 Å². The Hall–Kier alpha value is -2.97. The number of benzene rings is 1. The topological polar surface area (TPSA) is 125 Å². The first-order valence-electron chi connectivity index (χ1n) is 8.22. The van der Waals surface area contributed by atoms with Crippen molar-refractivity contribution in [3.8, 4) is 5.75 Å². The van der Waals surface area contributed by atoms with Crippen molar-refractivity contribution in [1.29, 1.82) is 0 Å². The molecular formula is C17H20N2O7. The Morgan fingerprint density at radius 2 is 2.08 bits per heavy atom. The summed E-state index contributed by atoms with van der Waals surface area (Å²) in [5.41, 5.74) is -0.548. The largest absolute Gasteiger partial charge is 0.480 e. The van der Waals surface area contributed by atoms with E-state index in [2.05, 4.69) is 10.1 Å². The molecule has 1 saturated carbocycles. The highest BCUT2D eigenvalue weighted by molar-refractivity contribution is 5.86. The molecule has 0 radical (unpaired) electrons. The SMILES string of the molecule is COC(=O)CC(Oc1ccc(C=O)c([N+](=O)[O-])c1)C(=O)NC1CCCC1. The number of rotatable bonds is 8. The number of nitrogens with zero attached hydrogens (tertiary/aromatic N) is 1. The molecule has 0 saturated heterocycles. The van der Waals surface area contributed by atoms with Crippen LogP contribution in [0.4, 0.5) is 5.69 Å². The summed E-state index contributed by atoms with van der Waals surface area (Å²) in [6, 6.07) is 3.64. The number of amides is 1. The van der Waals surface area contributed by atoms with Crippen LogP contribution in [0.2, 0.25) is 0 Å². The Labute approximate surface area is 149 Å². The Morgan fingerprint density at radius 3 is 2.65 bits per heavy atom. The molecule has 9 heteroatoms. The van der Waals surface area contributed by atoms with Gasteiger partial charge in [0, 0.05) is 6.04 Å². The van der Waals surface area contributed by atoms with Crippen LogP contribution in [-0.4, -0.2) is 42.3 Å². The molecule has 0 aromatic heterocycles. The van der Waals surface area contributed by atoms with Crippen LogP contribution in [0.3, 0.4) is 0 Å². The van der Waals surface area contributed by atoms with Gasteiger partial charge in [0.25, 0.3) is 11.6 Å². The van der Waals surface area contributed by atoms with Crippen molar-refractivity contribution in [2.45, 2.75) is 44.2 Å². The maximum atomic E-state index is 12.5. The van der Waals surface area contributed by atoms with Gasteiger partial charge in [0.1, 0.15) is 5.75 Å². The van der Waals surface area contributed by atoms with Gasteiger partial charge in [0.05, 0.1) is 30.1 Å². The zero-order valence-electron chi connectivity index (χ0n) is 14.3. The summed E-state index contributed by atoms with van der Waals surface area (Å²) in [7, 11) is 1.19. The zero-order chi connectivity index (χ0) is 19.1. The molecule has 0 bridgehead atoms. The molecule has 1 amide bonds. The Kier molecular flexibility index (Phi) is 6.65. The highest BCUT2D eigenvalue weighted by atomic mass is 16.6. The van der Waals surface area contributed by atoms with Crippen molar-refractivity contribution in [3.05, 3.63) is 33.9 Å². The van der Waals surface area contributed by atoms with E-state index in [0.717, 1.165) is 31.7 Å². The molecule has 1 aromatic carbocycles. The van der Waals surface area contributed by atoms with Crippen molar-refractivity contribution < 1.29 is 28.8 Å². The number of nitro groups is 1. The van der Waals surface area contributed by atoms with Crippen LogP contribution in [0.5, 0.6) is 5.75 Å². The molecular weight excluding hydrogens is 344 g/mol. The molecule has 1 atom stereocenters. The number of nitrogens with one attached hydrogen (secondary N) is 1. The quantitative estimate of drug-likeness (QED) is 0.322. The van der Waals surface area contributed by atoms with E-state index in [1.807, 2.05) is 0 Å². The van der Waals surface area contributed by atoms with Crippen molar-refractivity contribution in [2.75, 3.05) is 7.11 Å². The number of nitro benzene ring substituents is 1. The second-order valence-electron chi connectivity index (χ2n) is 5.97. The van der Waals surface area contributed by atoms with Gasteiger partial charge in [0.2, 0.25) is 0 Å². The van der Waals surface area contributed by atoms with E-state index in [-0.39, 0.29) is 23.8 Å². The Balaban J connectivity index is 2.18. The lowest BCUT2D eigenvalue weighted by Gasteiger charge is -2.20. The highest BCUT2D eigenvalue weighted by Gasteiger charge is 2.28. The lowest BCUT2D eigenvalue weighted by atomic mass is 10.1. The molecule has 1 fully saturated rings. The molecule has 2 rings (SSSR count). The van der Waals surface area contributed by atoms with Crippen LogP contribution in [0.15, 0.2) is 18.2 Å². The third kappa shape index (κ3) is 5.01. The van der Waals surface area contributed by atoms with E-state index < -0.39 is 28.6 Å². The third-order valence-electron chi connectivity index (χ3n) is 4.18. The lowest BCUT2D eigenvalue weighted by molar-refractivity contribution is -0.385. The summed E-state index contributed by atoms with van der Waals surface area (Å²) in [4.78, 5) is 45.3. The average molecular weight is 364 g/mol. The summed E-state index contributed by atoms with van der Waals surface area (Å²) in [5, 5.41) is 13.9. The van der Waals surface area contributed by atoms with Gasteiger partial charge in [-0.25, -0.2) is 0 Å². The van der Waals surface area contributed by atoms with Crippen molar-refractivity contribution in [3.63, 3.8) is 0 Å². The molecule has 9 nitrogen and oxygen atoms in total. The van der Waals surface area contributed by atoms with Crippen molar-refractivity contribution in [1.82, 2.24) is 5.32 Å². The van der Waals surface area contributed by atoms with Crippen molar-refractivity contribution >= 4 is 23.9 Å². The van der Waals surface area contributed by atoms with Crippen molar-refractivity contribution in [2.24, 2.45) is 0 Å². The van der Waals surface area contributed by atoms with E-state index in [1.165, 1.54) is 19.2 Å². The second kappa shape index (κ2) is 8.93. The van der Waals surface area contributed by atoms with Gasteiger partial charge < -0.3 is 14.8 Å². The normalized spacial score (nSPS) is 15.1. The third-order valence-corrected chi connectivity index (χ3v) is 4.18. The predicted octanol–water partition coefficient (Wildman–Crippen LogP) is 1.78. The van der Waals surface area contributed by atoms with Crippen LogP contribution < -0.4 is 10.1 Å². The molecule has 0 heterocycles. The summed E-state index contributed by atoms with van der Waals surface area (Å²) in [6.07, 6.45) is 2.59. The average Bonchev–Trinajstić information content (AvgIpc) is 3.13. The first-order valence-corrected chi connectivity index (χ1v) is 8.22. The number of esters is 1. The molecule has 1 aromatic rings. The Bertz CT molecular complexity index is 698. The van der Waals surface area contributed by atoms with E-state index in [9.17, 15) is 24.5 Å². The lowest BCUT2D eigenvalue weighted by Crippen LogP contribution is -2.44. The van der Waals surface area contributed by atoms with Crippen LogP contribution in [0.25, 0.3) is 0 Å². The first-order chi connectivity index (χ1) is 12.4. The van der Waals surface area contributed by atoms with Gasteiger partial charge in [-0.2, -0.15) is 0 Å². The van der Waals surface area contributed by atoms with Gasteiger partial charge >= 0.3 is 5.97 Å².